The first kappa shape index (κ1) is 10.4. The van der Waals surface area contributed by atoms with Crippen LogP contribution in [0.2, 0.25) is 0 Å². The Morgan fingerprint density at radius 1 is 1.21 bits per heavy atom. The smallest absolute Gasteiger partial charge is 0.0700 e. The highest BCUT2D eigenvalue weighted by atomic mass is 16.5. The molecule has 0 spiro atoms. The van der Waals surface area contributed by atoms with Crippen LogP contribution in [-0.2, 0) is 4.74 Å². The van der Waals surface area contributed by atoms with Gasteiger partial charge >= 0.3 is 0 Å². The van der Waals surface area contributed by atoms with E-state index in [0.29, 0.717) is 18.2 Å². The van der Waals surface area contributed by atoms with Gasteiger partial charge in [-0.15, -0.1) is 0 Å². The van der Waals surface area contributed by atoms with E-state index in [1.165, 1.54) is 32.1 Å². The van der Waals surface area contributed by atoms with Gasteiger partial charge in [0.2, 0.25) is 0 Å². The molecule has 14 heavy (non-hydrogen) atoms. The van der Waals surface area contributed by atoms with Gasteiger partial charge in [-0.2, -0.15) is 0 Å². The fourth-order valence-corrected chi connectivity index (χ4v) is 2.88. The molecule has 2 fully saturated rings. The van der Waals surface area contributed by atoms with Gasteiger partial charge in [-0.25, -0.2) is 0 Å². The lowest BCUT2D eigenvalue weighted by molar-refractivity contribution is 0.109. The highest BCUT2D eigenvalue weighted by Gasteiger charge is 2.28. The van der Waals surface area contributed by atoms with Crippen LogP contribution in [0.3, 0.4) is 0 Å². The van der Waals surface area contributed by atoms with Gasteiger partial charge in [0.1, 0.15) is 0 Å². The summed E-state index contributed by atoms with van der Waals surface area (Å²) in [7, 11) is 0. The summed E-state index contributed by atoms with van der Waals surface area (Å²) in [5.41, 5.74) is 0. The Balaban J connectivity index is 1.78. The van der Waals surface area contributed by atoms with Gasteiger partial charge in [0, 0.05) is 18.7 Å². The Morgan fingerprint density at radius 2 is 1.93 bits per heavy atom. The zero-order chi connectivity index (χ0) is 9.97. The van der Waals surface area contributed by atoms with E-state index in [2.05, 4.69) is 19.2 Å². The van der Waals surface area contributed by atoms with E-state index in [1.807, 2.05) is 0 Å². The van der Waals surface area contributed by atoms with Gasteiger partial charge in [-0.1, -0.05) is 12.8 Å². The summed E-state index contributed by atoms with van der Waals surface area (Å²) in [6.45, 7) is 5.48. The minimum atomic E-state index is 0.416. The number of hydrogen-bond donors (Lipinski definition) is 1. The zero-order valence-electron chi connectivity index (χ0n) is 9.46. The number of rotatable bonds is 3. The molecule has 2 aliphatic rings. The first-order chi connectivity index (χ1) is 6.77. The molecule has 1 N–H and O–H groups in total. The molecule has 1 heterocycles. The summed E-state index contributed by atoms with van der Waals surface area (Å²) in [6.07, 6.45) is 7.34. The van der Waals surface area contributed by atoms with Crippen LogP contribution >= 0.6 is 0 Å². The standard InChI is InChI=1S/C12H23NO/c1-9(11-5-3-4-6-11)13-12-7-8-14-10(12)2/h9-13H,3-8H2,1-2H3/t9-,10?,12?/m0/s1. The molecule has 1 aliphatic heterocycles. The normalized spacial score (nSPS) is 36.4. The Labute approximate surface area is 87.4 Å². The number of hydrogen-bond acceptors (Lipinski definition) is 2. The van der Waals surface area contributed by atoms with Crippen LogP contribution < -0.4 is 5.32 Å². The van der Waals surface area contributed by atoms with Gasteiger partial charge in [0.05, 0.1) is 6.10 Å². The second-order valence-electron chi connectivity index (χ2n) is 4.97. The van der Waals surface area contributed by atoms with E-state index in [0.717, 1.165) is 12.5 Å². The third-order valence-electron chi connectivity index (χ3n) is 3.96. The Morgan fingerprint density at radius 3 is 2.50 bits per heavy atom. The molecule has 2 nitrogen and oxygen atoms in total. The van der Waals surface area contributed by atoms with E-state index < -0.39 is 0 Å². The van der Waals surface area contributed by atoms with Crippen LogP contribution in [0.1, 0.15) is 46.0 Å². The van der Waals surface area contributed by atoms with E-state index in [9.17, 15) is 0 Å². The fourth-order valence-electron chi connectivity index (χ4n) is 2.88. The molecule has 0 bridgehead atoms. The molecule has 1 saturated carbocycles. The molecule has 0 aromatic rings. The first-order valence-electron chi connectivity index (χ1n) is 6.15. The summed E-state index contributed by atoms with van der Waals surface area (Å²) in [5, 5.41) is 3.75. The van der Waals surface area contributed by atoms with Crippen molar-refractivity contribution >= 4 is 0 Å². The molecule has 0 amide bonds. The van der Waals surface area contributed by atoms with Crippen molar-refractivity contribution in [3.8, 4) is 0 Å². The van der Waals surface area contributed by atoms with E-state index in [-0.39, 0.29) is 0 Å². The fraction of sp³-hybridized carbons (Fsp3) is 1.00. The van der Waals surface area contributed by atoms with Crippen LogP contribution in [0.25, 0.3) is 0 Å². The zero-order valence-corrected chi connectivity index (χ0v) is 9.46. The molecular formula is C12H23NO. The average Bonchev–Trinajstić information content (AvgIpc) is 2.77. The summed E-state index contributed by atoms with van der Waals surface area (Å²) in [5.74, 6) is 0.919. The molecule has 0 aromatic heterocycles. The van der Waals surface area contributed by atoms with Crippen LogP contribution in [0.5, 0.6) is 0 Å². The lowest BCUT2D eigenvalue weighted by atomic mass is 9.98. The minimum absolute atomic E-state index is 0.416. The van der Waals surface area contributed by atoms with Crippen molar-refractivity contribution in [2.24, 2.45) is 5.92 Å². The number of nitrogens with one attached hydrogen (secondary N) is 1. The van der Waals surface area contributed by atoms with Gasteiger partial charge < -0.3 is 10.1 Å². The second-order valence-corrected chi connectivity index (χ2v) is 4.97. The minimum Gasteiger partial charge on any atom is -0.377 e. The van der Waals surface area contributed by atoms with Crippen LogP contribution in [-0.4, -0.2) is 24.8 Å². The highest BCUT2D eigenvalue weighted by Crippen LogP contribution is 2.28. The largest absolute Gasteiger partial charge is 0.377 e. The summed E-state index contributed by atoms with van der Waals surface area (Å²) in [6, 6.07) is 1.29. The Kier molecular flexibility index (Phi) is 3.45. The molecule has 3 atom stereocenters. The van der Waals surface area contributed by atoms with Crippen molar-refractivity contribution in [3.63, 3.8) is 0 Å². The Hall–Kier alpha value is -0.0800. The van der Waals surface area contributed by atoms with Crippen LogP contribution in [0, 0.1) is 5.92 Å². The SMILES string of the molecule is CC1OCCC1N[C@@H](C)C1CCCC1. The molecule has 82 valence electrons. The van der Waals surface area contributed by atoms with Crippen molar-refractivity contribution in [3.05, 3.63) is 0 Å². The Bertz CT molecular complexity index is 177. The van der Waals surface area contributed by atoms with Crippen molar-refractivity contribution in [1.82, 2.24) is 5.32 Å². The predicted octanol–water partition coefficient (Wildman–Crippen LogP) is 2.33. The molecule has 0 aromatic carbocycles. The van der Waals surface area contributed by atoms with Crippen LogP contribution in [0.4, 0.5) is 0 Å². The van der Waals surface area contributed by atoms with Crippen molar-refractivity contribution < 1.29 is 4.74 Å². The van der Waals surface area contributed by atoms with E-state index in [1.54, 1.807) is 0 Å². The quantitative estimate of drug-likeness (QED) is 0.750. The first-order valence-corrected chi connectivity index (χ1v) is 6.15. The summed E-state index contributed by atoms with van der Waals surface area (Å²) < 4.78 is 5.57. The van der Waals surface area contributed by atoms with Crippen LogP contribution in [0.15, 0.2) is 0 Å². The van der Waals surface area contributed by atoms with E-state index in [4.69, 9.17) is 4.74 Å². The van der Waals surface area contributed by atoms with Gasteiger partial charge in [-0.3, -0.25) is 0 Å². The number of ether oxygens (including phenoxy) is 1. The summed E-state index contributed by atoms with van der Waals surface area (Å²) in [4.78, 5) is 0. The molecule has 0 radical (unpaired) electrons. The maximum atomic E-state index is 5.57. The average molecular weight is 197 g/mol. The van der Waals surface area contributed by atoms with E-state index >= 15 is 0 Å². The summed E-state index contributed by atoms with van der Waals surface area (Å²) >= 11 is 0. The lowest BCUT2D eigenvalue weighted by Crippen LogP contribution is -2.43. The molecule has 1 saturated heterocycles. The monoisotopic (exact) mass is 197 g/mol. The van der Waals surface area contributed by atoms with Gasteiger partial charge in [0.15, 0.2) is 0 Å². The van der Waals surface area contributed by atoms with Crippen molar-refractivity contribution in [2.75, 3.05) is 6.61 Å². The van der Waals surface area contributed by atoms with Gasteiger partial charge in [-0.05, 0) is 39.0 Å². The third kappa shape index (κ3) is 2.29. The second kappa shape index (κ2) is 4.63. The predicted molar refractivity (Wildman–Crippen MR) is 58.4 cm³/mol. The van der Waals surface area contributed by atoms with Gasteiger partial charge in [0.25, 0.3) is 0 Å². The molecule has 2 heteroatoms. The third-order valence-corrected chi connectivity index (χ3v) is 3.96. The molecule has 2 rings (SSSR count). The lowest BCUT2D eigenvalue weighted by Gasteiger charge is -2.26. The maximum absolute atomic E-state index is 5.57. The maximum Gasteiger partial charge on any atom is 0.0700 e. The van der Waals surface area contributed by atoms with Crippen molar-refractivity contribution in [1.29, 1.82) is 0 Å². The molecule has 2 unspecified atom stereocenters. The topological polar surface area (TPSA) is 21.3 Å². The molecular weight excluding hydrogens is 174 g/mol. The van der Waals surface area contributed by atoms with Crippen molar-refractivity contribution in [2.45, 2.75) is 64.1 Å². The highest BCUT2D eigenvalue weighted by molar-refractivity contribution is 4.85. The molecule has 1 aliphatic carbocycles.